The lowest BCUT2D eigenvalue weighted by molar-refractivity contribution is 0.270. The first-order chi connectivity index (χ1) is 8.10. The van der Waals surface area contributed by atoms with Crippen molar-refractivity contribution in [3.8, 4) is 0 Å². The highest BCUT2D eigenvalue weighted by Crippen LogP contribution is 2.19. The van der Waals surface area contributed by atoms with Gasteiger partial charge >= 0.3 is 0 Å². The maximum absolute atomic E-state index is 9.02. The van der Waals surface area contributed by atoms with Gasteiger partial charge in [0, 0.05) is 12.1 Å². The Hall–Kier alpha value is -1.03. The molecule has 0 spiro atoms. The van der Waals surface area contributed by atoms with Crippen molar-refractivity contribution in [1.29, 1.82) is 0 Å². The summed E-state index contributed by atoms with van der Waals surface area (Å²) in [6, 6.07) is 0. The summed E-state index contributed by atoms with van der Waals surface area (Å²) in [7, 11) is 0. The van der Waals surface area contributed by atoms with Gasteiger partial charge in [-0.2, -0.15) is 5.10 Å². The number of aromatic nitrogens is 2. The molecule has 0 saturated heterocycles. The molecule has 1 heterocycles. The highest BCUT2D eigenvalue weighted by molar-refractivity contribution is 5.46. The summed E-state index contributed by atoms with van der Waals surface area (Å²) >= 11 is 0. The molecule has 0 fully saturated rings. The Morgan fingerprint density at radius 1 is 1.41 bits per heavy atom. The lowest BCUT2D eigenvalue weighted by Crippen LogP contribution is -2.16. The van der Waals surface area contributed by atoms with Crippen LogP contribution in [0.25, 0.3) is 0 Å². The minimum Gasteiger partial charge on any atom is -0.394 e. The summed E-state index contributed by atoms with van der Waals surface area (Å²) in [5, 5.41) is 16.9. The molecule has 0 aliphatic carbocycles. The second-order valence-corrected chi connectivity index (χ2v) is 4.78. The maximum Gasteiger partial charge on any atom is 0.127 e. The molecule has 0 aliphatic rings. The van der Waals surface area contributed by atoms with Crippen molar-refractivity contribution in [2.75, 3.05) is 18.5 Å². The molecule has 0 bridgehead atoms. The molecule has 4 nitrogen and oxygen atoms in total. The van der Waals surface area contributed by atoms with E-state index >= 15 is 0 Å². The zero-order chi connectivity index (χ0) is 12.8. The average Bonchev–Trinajstić information content (AvgIpc) is 2.54. The Morgan fingerprint density at radius 2 is 2.12 bits per heavy atom. The Bertz CT molecular complexity index is 347. The Kier molecular flexibility index (Phi) is 5.48. The highest BCUT2D eigenvalue weighted by atomic mass is 16.3. The molecule has 1 aromatic heterocycles. The number of aryl methyl sites for hydroxylation is 1. The first kappa shape index (κ1) is 14.0. The van der Waals surface area contributed by atoms with Crippen LogP contribution in [0.15, 0.2) is 0 Å². The normalized spacial score (nSPS) is 12.8. The minimum atomic E-state index is 0.125. The third-order valence-corrected chi connectivity index (χ3v) is 3.14. The number of hydrogen-bond donors (Lipinski definition) is 2. The molecule has 1 rings (SSSR count). The van der Waals surface area contributed by atoms with Gasteiger partial charge in [0.2, 0.25) is 0 Å². The molecule has 0 amide bonds. The predicted molar refractivity (Wildman–Crippen MR) is 71.3 cm³/mol. The first-order valence-corrected chi connectivity index (χ1v) is 6.48. The van der Waals surface area contributed by atoms with E-state index in [0.29, 0.717) is 12.5 Å². The van der Waals surface area contributed by atoms with E-state index in [1.54, 1.807) is 0 Å². The van der Waals surface area contributed by atoms with Crippen molar-refractivity contribution in [2.45, 2.75) is 47.1 Å². The number of aliphatic hydroxyl groups excluding tert-OH is 1. The summed E-state index contributed by atoms with van der Waals surface area (Å²) in [6.07, 6.45) is 2.45. The summed E-state index contributed by atoms with van der Waals surface area (Å²) in [4.78, 5) is 0. The molecule has 98 valence electrons. The van der Waals surface area contributed by atoms with Gasteiger partial charge in [-0.05, 0) is 26.2 Å². The fourth-order valence-corrected chi connectivity index (χ4v) is 2.02. The van der Waals surface area contributed by atoms with Crippen LogP contribution in [-0.2, 0) is 6.54 Å². The van der Waals surface area contributed by atoms with Gasteiger partial charge in [-0.1, -0.05) is 20.3 Å². The lowest BCUT2D eigenvalue weighted by atomic mass is 10.1. The molecule has 17 heavy (non-hydrogen) atoms. The summed E-state index contributed by atoms with van der Waals surface area (Å²) < 4.78 is 1.86. The molecule has 1 atom stereocenters. The highest BCUT2D eigenvalue weighted by Gasteiger charge is 2.11. The van der Waals surface area contributed by atoms with Gasteiger partial charge in [-0.15, -0.1) is 0 Å². The van der Waals surface area contributed by atoms with E-state index in [2.05, 4.69) is 31.2 Å². The van der Waals surface area contributed by atoms with Gasteiger partial charge in [-0.25, -0.2) is 4.68 Å². The largest absolute Gasteiger partial charge is 0.394 e. The quantitative estimate of drug-likeness (QED) is 0.768. The van der Waals surface area contributed by atoms with E-state index in [-0.39, 0.29) is 6.61 Å². The van der Waals surface area contributed by atoms with Crippen molar-refractivity contribution in [2.24, 2.45) is 5.92 Å². The number of rotatable bonds is 7. The van der Waals surface area contributed by atoms with Gasteiger partial charge in [0.05, 0.1) is 18.8 Å². The van der Waals surface area contributed by atoms with Gasteiger partial charge in [-0.3, -0.25) is 0 Å². The van der Waals surface area contributed by atoms with Crippen LogP contribution in [0.3, 0.4) is 0 Å². The van der Waals surface area contributed by atoms with Crippen LogP contribution in [0.1, 0.15) is 37.9 Å². The lowest BCUT2D eigenvalue weighted by Gasteiger charge is -2.14. The fourth-order valence-electron chi connectivity index (χ4n) is 2.02. The maximum atomic E-state index is 9.02. The minimum absolute atomic E-state index is 0.125. The van der Waals surface area contributed by atoms with Crippen molar-refractivity contribution in [1.82, 2.24) is 9.78 Å². The summed E-state index contributed by atoms with van der Waals surface area (Å²) in [5.74, 6) is 1.72. The smallest absolute Gasteiger partial charge is 0.127 e. The van der Waals surface area contributed by atoms with E-state index in [1.807, 2.05) is 11.6 Å². The van der Waals surface area contributed by atoms with E-state index in [9.17, 15) is 0 Å². The van der Waals surface area contributed by atoms with Crippen molar-refractivity contribution >= 4 is 5.82 Å². The first-order valence-electron chi connectivity index (χ1n) is 6.48. The zero-order valence-electron chi connectivity index (χ0n) is 11.5. The molecule has 2 N–H and O–H groups in total. The van der Waals surface area contributed by atoms with E-state index in [4.69, 9.17) is 5.11 Å². The van der Waals surface area contributed by atoms with Crippen LogP contribution in [0.5, 0.6) is 0 Å². The Balaban J connectivity index is 2.68. The number of nitrogens with zero attached hydrogens (tertiary/aromatic N) is 2. The topological polar surface area (TPSA) is 50.1 Å². The third kappa shape index (κ3) is 3.73. The SMILES string of the molecule is CCCC(C)CNc1c(C)c(C)nn1CCO. The molecule has 4 heteroatoms. The molecule has 0 aliphatic heterocycles. The number of hydrogen-bond acceptors (Lipinski definition) is 3. The van der Waals surface area contributed by atoms with Gasteiger partial charge in [0.1, 0.15) is 5.82 Å². The van der Waals surface area contributed by atoms with Crippen molar-refractivity contribution < 1.29 is 5.11 Å². The van der Waals surface area contributed by atoms with Crippen molar-refractivity contribution in [3.05, 3.63) is 11.3 Å². The van der Waals surface area contributed by atoms with Crippen LogP contribution in [-0.4, -0.2) is 28.0 Å². The Labute approximate surface area is 104 Å². The van der Waals surface area contributed by atoms with Gasteiger partial charge in [0.15, 0.2) is 0 Å². The van der Waals surface area contributed by atoms with Crippen LogP contribution in [0.4, 0.5) is 5.82 Å². The molecular formula is C13H25N3O. The van der Waals surface area contributed by atoms with Crippen LogP contribution in [0, 0.1) is 19.8 Å². The third-order valence-electron chi connectivity index (χ3n) is 3.14. The Morgan fingerprint density at radius 3 is 2.71 bits per heavy atom. The molecule has 1 aromatic rings. The molecule has 1 unspecified atom stereocenters. The molecule has 0 aromatic carbocycles. The van der Waals surface area contributed by atoms with Gasteiger partial charge < -0.3 is 10.4 Å². The number of aliphatic hydroxyl groups is 1. The monoisotopic (exact) mass is 239 g/mol. The predicted octanol–water partition coefficient (Wildman–Crippen LogP) is 2.34. The van der Waals surface area contributed by atoms with Crippen LogP contribution >= 0.6 is 0 Å². The van der Waals surface area contributed by atoms with E-state index in [1.165, 1.54) is 18.4 Å². The van der Waals surface area contributed by atoms with Gasteiger partial charge in [0.25, 0.3) is 0 Å². The van der Waals surface area contributed by atoms with E-state index < -0.39 is 0 Å². The molecule has 0 radical (unpaired) electrons. The summed E-state index contributed by atoms with van der Waals surface area (Å²) in [6.45, 7) is 10.2. The molecular weight excluding hydrogens is 214 g/mol. The fraction of sp³-hybridized carbons (Fsp3) is 0.769. The van der Waals surface area contributed by atoms with Crippen LogP contribution < -0.4 is 5.32 Å². The van der Waals surface area contributed by atoms with Crippen LogP contribution in [0.2, 0.25) is 0 Å². The second kappa shape index (κ2) is 6.64. The van der Waals surface area contributed by atoms with Crippen molar-refractivity contribution in [3.63, 3.8) is 0 Å². The standard InChI is InChI=1S/C13H25N3O/c1-5-6-10(2)9-14-13-11(3)12(4)15-16(13)7-8-17/h10,14,17H,5-9H2,1-4H3. The van der Waals surface area contributed by atoms with E-state index in [0.717, 1.165) is 18.1 Å². The second-order valence-electron chi connectivity index (χ2n) is 4.78. The zero-order valence-corrected chi connectivity index (χ0v) is 11.5. The molecule has 0 saturated carbocycles. The average molecular weight is 239 g/mol. The summed E-state index contributed by atoms with van der Waals surface area (Å²) in [5.41, 5.74) is 2.21. The number of anilines is 1. The number of nitrogens with one attached hydrogen (secondary N) is 1.